The second-order valence-electron chi connectivity index (χ2n) is 4.70. The number of rotatable bonds is 7. The number of allylic oxidation sites excluding steroid dienone is 2. The van der Waals surface area contributed by atoms with Crippen LogP contribution in [0.25, 0.3) is 0 Å². The molecule has 4 nitrogen and oxygen atoms in total. The third-order valence-corrected chi connectivity index (χ3v) is 3.37. The molecule has 18 heavy (non-hydrogen) atoms. The molecule has 0 bridgehead atoms. The minimum absolute atomic E-state index is 0.0129. The van der Waals surface area contributed by atoms with Crippen LogP contribution in [0, 0.1) is 11.8 Å². The highest BCUT2D eigenvalue weighted by Gasteiger charge is 2.31. The first-order chi connectivity index (χ1) is 8.72. The summed E-state index contributed by atoms with van der Waals surface area (Å²) in [6.45, 7) is 4.48. The minimum Gasteiger partial charge on any atom is -0.466 e. The molecule has 0 amide bonds. The Morgan fingerprint density at radius 1 is 1.50 bits per heavy atom. The van der Waals surface area contributed by atoms with Crippen LogP contribution in [0.3, 0.4) is 0 Å². The Balaban J connectivity index is 2.68. The molecule has 0 radical (unpaired) electrons. The van der Waals surface area contributed by atoms with Crippen molar-refractivity contribution in [1.82, 2.24) is 5.48 Å². The van der Waals surface area contributed by atoms with Gasteiger partial charge in [-0.15, -0.1) is 0 Å². The summed E-state index contributed by atoms with van der Waals surface area (Å²) in [6.07, 6.45) is 7.15. The van der Waals surface area contributed by atoms with Crippen LogP contribution in [0.1, 0.15) is 46.0 Å². The predicted molar refractivity (Wildman–Crippen MR) is 70.6 cm³/mol. The van der Waals surface area contributed by atoms with E-state index < -0.39 is 0 Å². The van der Waals surface area contributed by atoms with Gasteiger partial charge in [0.25, 0.3) is 0 Å². The Bertz CT molecular complexity index is 289. The van der Waals surface area contributed by atoms with Crippen molar-refractivity contribution in [2.24, 2.45) is 11.8 Å². The molecule has 0 aromatic heterocycles. The molecule has 1 rings (SSSR count). The summed E-state index contributed by atoms with van der Waals surface area (Å²) in [7, 11) is 1.61. The molecule has 1 aliphatic rings. The van der Waals surface area contributed by atoms with Crippen LogP contribution < -0.4 is 5.48 Å². The topological polar surface area (TPSA) is 47.6 Å². The van der Waals surface area contributed by atoms with Crippen LogP contribution in [-0.2, 0) is 14.4 Å². The average Bonchev–Trinajstić information content (AvgIpc) is 2.37. The molecule has 1 N–H and O–H groups in total. The van der Waals surface area contributed by atoms with Gasteiger partial charge >= 0.3 is 5.97 Å². The van der Waals surface area contributed by atoms with Crippen molar-refractivity contribution >= 4 is 5.97 Å². The molecule has 104 valence electrons. The quantitative estimate of drug-likeness (QED) is 0.561. The molecule has 4 heteroatoms. The molecular weight excluding hydrogens is 230 g/mol. The van der Waals surface area contributed by atoms with Crippen LogP contribution in [-0.4, -0.2) is 19.7 Å². The Morgan fingerprint density at radius 3 is 2.89 bits per heavy atom. The largest absolute Gasteiger partial charge is 0.466 e. The van der Waals surface area contributed by atoms with Crippen LogP contribution in [0.4, 0.5) is 0 Å². The highest BCUT2D eigenvalue weighted by Crippen LogP contribution is 2.32. The van der Waals surface area contributed by atoms with E-state index in [-0.39, 0.29) is 17.8 Å². The summed E-state index contributed by atoms with van der Waals surface area (Å²) in [5, 5.41) is 0. The standard InChI is InChI=1S/C14H25NO3/c1-4-6-7-11-10-12(15-17-3)8-9-13(11)14(16)18-5-2/h10-11,13,15H,4-9H2,1-3H3/t11-,13-/m1/s1. The van der Waals surface area contributed by atoms with Crippen molar-refractivity contribution in [1.29, 1.82) is 0 Å². The molecule has 0 aromatic rings. The van der Waals surface area contributed by atoms with Crippen molar-refractivity contribution in [2.45, 2.75) is 46.0 Å². The molecule has 0 heterocycles. The number of nitrogens with one attached hydrogen (secondary N) is 1. The molecule has 1 aliphatic carbocycles. The zero-order valence-corrected chi connectivity index (χ0v) is 11.7. The Labute approximate surface area is 110 Å². The summed E-state index contributed by atoms with van der Waals surface area (Å²) in [6, 6.07) is 0. The van der Waals surface area contributed by atoms with E-state index in [0.717, 1.165) is 37.8 Å². The first kappa shape index (κ1) is 15.0. The molecule has 0 aromatic carbocycles. The lowest BCUT2D eigenvalue weighted by molar-refractivity contribution is -0.150. The van der Waals surface area contributed by atoms with Crippen molar-refractivity contribution in [3.8, 4) is 0 Å². The third kappa shape index (κ3) is 4.33. The first-order valence-corrected chi connectivity index (χ1v) is 6.89. The Kier molecular flexibility index (Phi) is 6.80. The van der Waals surface area contributed by atoms with Gasteiger partial charge in [0.1, 0.15) is 0 Å². The number of hydrogen-bond acceptors (Lipinski definition) is 4. The van der Waals surface area contributed by atoms with Gasteiger partial charge in [0.15, 0.2) is 0 Å². The normalized spacial score (nSPS) is 23.4. The molecule has 0 aliphatic heterocycles. The van der Waals surface area contributed by atoms with Gasteiger partial charge < -0.3 is 4.74 Å². The SMILES string of the molecule is CCCC[C@@H]1C=C(NOC)CC[C@H]1C(=O)OCC. The third-order valence-electron chi connectivity index (χ3n) is 3.37. The summed E-state index contributed by atoms with van der Waals surface area (Å²) in [4.78, 5) is 16.9. The second-order valence-corrected chi connectivity index (χ2v) is 4.70. The van der Waals surface area contributed by atoms with E-state index in [2.05, 4.69) is 18.5 Å². The zero-order chi connectivity index (χ0) is 13.4. The number of esters is 1. The van der Waals surface area contributed by atoms with Gasteiger partial charge in [0.05, 0.1) is 19.6 Å². The highest BCUT2D eigenvalue weighted by atomic mass is 16.6. The van der Waals surface area contributed by atoms with Gasteiger partial charge in [-0.1, -0.05) is 25.8 Å². The lowest BCUT2D eigenvalue weighted by Gasteiger charge is -2.28. The van der Waals surface area contributed by atoms with Crippen molar-refractivity contribution < 1.29 is 14.4 Å². The van der Waals surface area contributed by atoms with E-state index in [1.165, 1.54) is 0 Å². The second kappa shape index (κ2) is 8.14. The molecule has 0 fully saturated rings. The van der Waals surface area contributed by atoms with E-state index in [4.69, 9.17) is 9.57 Å². The molecule has 0 saturated heterocycles. The lowest BCUT2D eigenvalue weighted by atomic mass is 9.80. The van der Waals surface area contributed by atoms with Crippen molar-refractivity contribution in [2.75, 3.05) is 13.7 Å². The van der Waals surface area contributed by atoms with Crippen molar-refractivity contribution in [3.63, 3.8) is 0 Å². The van der Waals surface area contributed by atoms with E-state index in [1.54, 1.807) is 7.11 Å². The number of hydrogen-bond donors (Lipinski definition) is 1. The minimum atomic E-state index is -0.0497. The predicted octanol–water partition coefficient (Wildman–Crippen LogP) is 2.80. The first-order valence-electron chi connectivity index (χ1n) is 6.89. The summed E-state index contributed by atoms with van der Waals surface area (Å²) < 4.78 is 5.17. The molecule has 2 atom stereocenters. The highest BCUT2D eigenvalue weighted by molar-refractivity contribution is 5.73. The fourth-order valence-electron chi connectivity index (χ4n) is 2.47. The fraction of sp³-hybridized carbons (Fsp3) is 0.786. The van der Waals surface area contributed by atoms with Gasteiger partial charge in [0, 0.05) is 5.70 Å². The number of carbonyl (C=O) groups excluding carboxylic acids is 1. The van der Waals surface area contributed by atoms with Crippen molar-refractivity contribution in [3.05, 3.63) is 11.8 Å². The Hall–Kier alpha value is -1.03. The number of carbonyl (C=O) groups is 1. The molecule has 0 saturated carbocycles. The number of hydroxylamine groups is 1. The van der Waals surface area contributed by atoms with E-state index in [9.17, 15) is 4.79 Å². The maximum absolute atomic E-state index is 11.9. The van der Waals surface area contributed by atoms with Crippen LogP contribution in [0.5, 0.6) is 0 Å². The maximum atomic E-state index is 11.9. The lowest BCUT2D eigenvalue weighted by Crippen LogP contribution is -2.30. The van der Waals surface area contributed by atoms with E-state index >= 15 is 0 Å². The van der Waals surface area contributed by atoms with Gasteiger partial charge in [-0.25, -0.2) is 0 Å². The van der Waals surface area contributed by atoms with Crippen LogP contribution in [0.15, 0.2) is 11.8 Å². The Morgan fingerprint density at radius 2 is 2.28 bits per heavy atom. The summed E-state index contributed by atoms with van der Waals surface area (Å²) in [5.41, 5.74) is 3.97. The smallest absolute Gasteiger partial charge is 0.309 e. The number of ether oxygens (including phenoxy) is 1. The van der Waals surface area contributed by atoms with E-state index in [0.29, 0.717) is 6.61 Å². The fourth-order valence-corrected chi connectivity index (χ4v) is 2.47. The average molecular weight is 255 g/mol. The maximum Gasteiger partial charge on any atom is 0.309 e. The van der Waals surface area contributed by atoms with Gasteiger partial charge in [0.2, 0.25) is 0 Å². The molecule has 0 unspecified atom stereocenters. The van der Waals surface area contributed by atoms with Gasteiger partial charge in [-0.05, 0) is 32.1 Å². The van der Waals surface area contributed by atoms with Gasteiger partial charge in [-0.2, -0.15) is 0 Å². The van der Waals surface area contributed by atoms with Gasteiger partial charge in [-0.3, -0.25) is 15.1 Å². The van der Waals surface area contributed by atoms with Crippen LogP contribution in [0.2, 0.25) is 0 Å². The zero-order valence-electron chi connectivity index (χ0n) is 11.7. The van der Waals surface area contributed by atoms with Crippen LogP contribution >= 0.6 is 0 Å². The summed E-state index contributed by atoms with van der Waals surface area (Å²) >= 11 is 0. The monoisotopic (exact) mass is 255 g/mol. The summed E-state index contributed by atoms with van der Waals surface area (Å²) in [5.74, 6) is 0.237. The molecule has 0 spiro atoms. The molecular formula is C14H25NO3. The van der Waals surface area contributed by atoms with E-state index in [1.807, 2.05) is 6.92 Å². The number of unbranched alkanes of at least 4 members (excludes halogenated alkanes) is 1.